The summed E-state index contributed by atoms with van der Waals surface area (Å²) in [5.74, 6) is 0.336. The Bertz CT molecular complexity index is 620. The largest absolute Gasteiger partial charge is 0.374 e. The summed E-state index contributed by atoms with van der Waals surface area (Å²) >= 11 is 5.76. The summed E-state index contributed by atoms with van der Waals surface area (Å²) in [6, 6.07) is 9.10. The normalized spacial score (nSPS) is 11.8. The van der Waals surface area contributed by atoms with Crippen molar-refractivity contribution >= 4 is 29.0 Å². The lowest BCUT2D eigenvalue weighted by Gasteiger charge is -2.16. The lowest BCUT2D eigenvalue weighted by Crippen LogP contribution is -2.32. The molecule has 0 bridgehead atoms. The van der Waals surface area contributed by atoms with Crippen LogP contribution in [-0.4, -0.2) is 16.9 Å². The topological polar surface area (TPSA) is 54.0 Å². The number of amides is 1. The first-order valence-corrected chi connectivity index (χ1v) is 7.09. The van der Waals surface area contributed by atoms with Gasteiger partial charge in [0.15, 0.2) is 0 Å². The Balaban J connectivity index is 2.00. The highest BCUT2D eigenvalue weighted by molar-refractivity contribution is 6.30. The maximum Gasteiger partial charge on any atom is 0.247 e. The summed E-state index contributed by atoms with van der Waals surface area (Å²) in [5.41, 5.74) is 3.24. The van der Waals surface area contributed by atoms with Crippen molar-refractivity contribution in [3.63, 3.8) is 0 Å². The van der Waals surface area contributed by atoms with E-state index in [1.807, 2.05) is 32.9 Å². The number of hydrogen-bond acceptors (Lipinski definition) is 3. The second kappa shape index (κ2) is 6.59. The van der Waals surface area contributed by atoms with Crippen molar-refractivity contribution in [3.05, 3.63) is 52.7 Å². The number of benzene rings is 1. The van der Waals surface area contributed by atoms with Gasteiger partial charge in [0.05, 0.1) is 5.02 Å². The molecule has 21 heavy (non-hydrogen) atoms. The zero-order valence-corrected chi connectivity index (χ0v) is 13.0. The highest BCUT2D eigenvalue weighted by Gasteiger charge is 2.13. The van der Waals surface area contributed by atoms with Crippen molar-refractivity contribution in [1.29, 1.82) is 0 Å². The van der Waals surface area contributed by atoms with Crippen molar-refractivity contribution in [1.82, 2.24) is 4.98 Å². The minimum absolute atomic E-state index is 0.149. The number of pyridine rings is 1. The predicted molar refractivity (Wildman–Crippen MR) is 86.9 cm³/mol. The van der Waals surface area contributed by atoms with Gasteiger partial charge in [0, 0.05) is 11.9 Å². The molecule has 0 saturated carbocycles. The number of aryl methyl sites for hydroxylation is 2. The molecule has 2 aromatic rings. The van der Waals surface area contributed by atoms with Gasteiger partial charge in [-0.2, -0.15) is 0 Å². The molecule has 1 heterocycles. The van der Waals surface area contributed by atoms with Crippen molar-refractivity contribution < 1.29 is 4.79 Å². The molecule has 1 aromatic heterocycles. The molecule has 1 aromatic carbocycles. The van der Waals surface area contributed by atoms with Gasteiger partial charge < -0.3 is 10.6 Å². The Hall–Kier alpha value is -2.07. The van der Waals surface area contributed by atoms with Gasteiger partial charge in [-0.25, -0.2) is 4.98 Å². The molecule has 0 radical (unpaired) electrons. The number of nitrogens with one attached hydrogen (secondary N) is 2. The predicted octanol–water partition coefficient (Wildman–Crippen LogP) is 3.79. The fourth-order valence-corrected chi connectivity index (χ4v) is 2.17. The zero-order valence-electron chi connectivity index (χ0n) is 12.3. The molecule has 5 heteroatoms. The standard InChI is InChI=1S/C16H18ClN3O/c1-10-6-11(2)8-14(7-10)19-12(3)16(21)20-15-5-4-13(17)9-18-15/h4-9,12,19H,1-3H3,(H,18,20,21). The van der Waals surface area contributed by atoms with E-state index in [2.05, 4.69) is 21.7 Å². The third-order valence-corrected chi connectivity index (χ3v) is 3.20. The lowest BCUT2D eigenvalue weighted by atomic mass is 10.1. The number of halogens is 1. The molecule has 1 amide bonds. The molecule has 0 aliphatic carbocycles. The van der Waals surface area contributed by atoms with Crippen LogP contribution in [0.3, 0.4) is 0 Å². The summed E-state index contributed by atoms with van der Waals surface area (Å²) < 4.78 is 0. The highest BCUT2D eigenvalue weighted by Crippen LogP contribution is 2.15. The van der Waals surface area contributed by atoms with E-state index < -0.39 is 0 Å². The third-order valence-electron chi connectivity index (χ3n) is 2.98. The van der Waals surface area contributed by atoms with Crippen molar-refractivity contribution in [3.8, 4) is 0 Å². The van der Waals surface area contributed by atoms with Crippen LogP contribution in [0.25, 0.3) is 0 Å². The smallest absolute Gasteiger partial charge is 0.247 e. The van der Waals surface area contributed by atoms with Gasteiger partial charge in [-0.3, -0.25) is 4.79 Å². The quantitative estimate of drug-likeness (QED) is 0.903. The number of nitrogens with zero attached hydrogens (tertiary/aromatic N) is 1. The summed E-state index contributed by atoms with van der Waals surface area (Å²) in [7, 11) is 0. The van der Waals surface area contributed by atoms with Crippen molar-refractivity contribution in [2.45, 2.75) is 26.8 Å². The molecule has 2 rings (SSSR count). The highest BCUT2D eigenvalue weighted by atomic mass is 35.5. The molecule has 0 aliphatic heterocycles. The van der Waals surface area contributed by atoms with Gasteiger partial charge >= 0.3 is 0 Å². The average Bonchev–Trinajstić information content (AvgIpc) is 2.40. The summed E-state index contributed by atoms with van der Waals surface area (Å²) in [5, 5.41) is 6.47. The van der Waals surface area contributed by atoms with Gasteiger partial charge in [-0.05, 0) is 56.2 Å². The summed E-state index contributed by atoms with van der Waals surface area (Å²) in [4.78, 5) is 16.2. The van der Waals surface area contributed by atoms with Crippen LogP contribution < -0.4 is 10.6 Å². The SMILES string of the molecule is Cc1cc(C)cc(NC(C)C(=O)Nc2ccc(Cl)cn2)c1. The third kappa shape index (κ3) is 4.46. The van der Waals surface area contributed by atoms with Gasteiger partial charge in [-0.15, -0.1) is 0 Å². The van der Waals surface area contributed by atoms with E-state index in [0.29, 0.717) is 10.8 Å². The number of hydrogen-bond donors (Lipinski definition) is 2. The number of carbonyl (C=O) groups is 1. The average molecular weight is 304 g/mol. The minimum Gasteiger partial charge on any atom is -0.374 e. The number of anilines is 2. The first-order valence-electron chi connectivity index (χ1n) is 6.71. The fourth-order valence-electron chi connectivity index (χ4n) is 2.06. The van der Waals surface area contributed by atoms with Crippen LogP contribution in [0.2, 0.25) is 5.02 Å². The molecular formula is C16H18ClN3O. The van der Waals surface area contributed by atoms with Crippen molar-refractivity contribution in [2.75, 3.05) is 10.6 Å². The van der Waals surface area contributed by atoms with E-state index >= 15 is 0 Å². The number of aromatic nitrogens is 1. The van der Waals surface area contributed by atoms with Crippen LogP contribution in [0.15, 0.2) is 36.5 Å². The summed E-state index contributed by atoms with van der Waals surface area (Å²) in [6.45, 7) is 5.87. The van der Waals surface area contributed by atoms with Crippen LogP contribution in [0.4, 0.5) is 11.5 Å². The first-order chi connectivity index (χ1) is 9.94. The molecule has 0 fully saturated rings. The maximum absolute atomic E-state index is 12.1. The lowest BCUT2D eigenvalue weighted by molar-refractivity contribution is -0.116. The van der Waals surface area contributed by atoms with E-state index in [1.165, 1.54) is 6.20 Å². The van der Waals surface area contributed by atoms with Gasteiger partial charge in [0.1, 0.15) is 11.9 Å². The number of rotatable bonds is 4. The van der Waals surface area contributed by atoms with E-state index in [0.717, 1.165) is 16.8 Å². The van der Waals surface area contributed by atoms with Crippen LogP contribution in [0, 0.1) is 13.8 Å². The minimum atomic E-state index is -0.372. The van der Waals surface area contributed by atoms with E-state index in [9.17, 15) is 4.79 Å². The Morgan fingerprint density at radius 2 is 1.86 bits per heavy atom. The van der Waals surface area contributed by atoms with Gasteiger partial charge in [-0.1, -0.05) is 17.7 Å². The Kier molecular flexibility index (Phi) is 4.81. The van der Waals surface area contributed by atoms with Crippen LogP contribution in [0.1, 0.15) is 18.1 Å². The monoisotopic (exact) mass is 303 g/mol. The Morgan fingerprint density at radius 3 is 2.43 bits per heavy atom. The van der Waals surface area contributed by atoms with E-state index in [-0.39, 0.29) is 11.9 Å². The van der Waals surface area contributed by atoms with Crippen molar-refractivity contribution in [2.24, 2.45) is 0 Å². The van der Waals surface area contributed by atoms with E-state index in [4.69, 9.17) is 11.6 Å². The zero-order chi connectivity index (χ0) is 15.4. The van der Waals surface area contributed by atoms with Gasteiger partial charge in [0.25, 0.3) is 0 Å². The van der Waals surface area contributed by atoms with Crippen LogP contribution >= 0.6 is 11.6 Å². The fraction of sp³-hybridized carbons (Fsp3) is 0.250. The first kappa shape index (κ1) is 15.3. The molecule has 110 valence electrons. The molecule has 1 unspecified atom stereocenters. The second-order valence-corrected chi connectivity index (χ2v) is 5.53. The molecule has 4 nitrogen and oxygen atoms in total. The second-order valence-electron chi connectivity index (χ2n) is 5.09. The van der Waals surface area contributed by atoms with Crippen LogP contribution in [0.5, 0.6) is 0 Å². The Morgan fingerprint density at radius 1 is 1.19 bits per heavy atom. The molecule has 2 N–H and O–H groups in total. The molecule has 0 saturated heterocycles. The molecular weight excluding hydrogens is 286 g/mol. The molecule has 1 atom stereocenters. The van der Waals surface area contributed by atoms with Gasteiger partial charge in [0.2, 0.25) is 5.91 Å². The Labute approximate surface area is 129 Å². The van der Waals surface area contributed by atoms with E-state index in [1.54, 1.807) is 12.1 Å². The molecule has 0 aliphatic rings. The van der Waals surface area contributed by atoms with Crippen LogP contribution in [-0.2, 0) is 4.79 Å². The summed E-state index contributed by atoms with van der Waals surface area (Å²) in [6.07, 6.45) is 1.50. The molecule has 0 spiro atoms. The maximum atomic E-state index is 12.1. The number of carbonyl (C=O) groups excluding carboxylic acids is 1.